The normalized spacial score (nSPS) is 25.3. The van der Waals surface area contributed by atoms with Gasteiger partial charge in [0.2, 0.25) is 0 Å². The van der Waals surface area contributed by atoms with Crippen LogP contribution in [0.4, 0.5) is 0 Å². The largest absolute Gasteiger partial charge is 0.374 e. The van der Waals surface area contributed by atoms with Crippen molar-refractivity contribution in [3.8, 4) is 0 Å². The molecule has 212 valence electrons. The lowest BCUT2D eigenvalue weighted by Crippen LogP contribution is -2.50. The summed E-state index contributed by atoms with van der Waals surface area (Å²) in [6, 6.07) is 40.6. The number of rotatable bonds is 13. The molecular weight excluding hydrogens is 516 g/mol. The van der Waals surface area contributed by atoms with Gasteiger partial charge in [-0.15, -0.1) is 0 Å². The summed E-state index contributed by atoms with van der Waals surface area (Å²) >= 11 is 0. The van der Waals surface area contributed by atoms with Gasteiger partial charge in [0.1, 0.15) is 30.5 Å². The molecule has 0 aliphatic carbocycles. The van der Waals surface area contributed by atoms with Crippen molar-refractivity contribution >= 4 is 0 Å². The summed E-state index contributed by atoms with van der Waals surface area (Å²) in [6.45, 7) is 2.07. The highest BCUT2D eigenvalue weighted by Crippen LogP contribution is 2.39. The van der Waals surface area contributed by atoms with Gasteiger partial charge in [-0.3, -0.25) is 0 Å². The lowest BCUT2D eigenvalue weighted by Gasteiger charge is -2.35. The van der Waals surface area contributed by atoms with Gasteiger partial charge in [0.25, 0.3) is 0 Å². The number of hydrogen-bond acceptors (Lipinski definition) is 6. The van der Waals surface area contributed by atoms with E-state index in [1.54, 1.807) is 0 Å². The van der Waals surface area contributed by atoms with Crippen molar-refractivity contribution in [3.05, 3.63) is 144 Å². The van der Waals surface area contributed by atoms with Crippen molar-refractivity contribution in [2.75, 3.05) is 6.61 Å². The van der Waals surface area contributed by atoms with Crippen molar-refractivity contribution in [2.24, 2.45) is 0 Å². The third-order valence-electron chi connectivity index (χ3n) is 7.38. The third-order valence-corrected chi connectivity index (χ3v) is 7.38. The van der Waals surface area contributed by atoms with Crippen LogP contribution in [0.2, 0.25) is 0 Å². The Morgan fingerprint density at radius 2 is 0.854 bits per heavy atom. The predicted molar refractivity (Wildman–Crippen MR) is 155 cm³/mol. The summed E-state index contributed by atoms with van der Waals surface area (Å²) in [5, 5.41) is 0. The van der Waals surface area contributed by atoms with Crippen LogP contribution in [0.5, 0.6) is 0 Å². The molecular formula is C35H36O6. The van der Waals surface area contributed by atoms with E-state index in [-0.39, 0.29) is 12.2 Å². The summed E-state index contributed by atoms with van der Waals surface area (Å²) in [7, 11) is 0. The van der Waals surface area contributed by atoms with E-state index >= 15 is 0 Å². The topological polar surface area (TPSA) is 58.7 Å². The number of epoxide rings is 1. The first-order chi connectivity index (χ1) is 20.3. The Morgan fingerprint density at radius 3 is 1.34 bits per heavy atom. The first-order valence-electron chi connectivity index (χ1n) is 14.2. The highest BCUT2D eigenvalue weighted by molar-refractivity contribution is 5.16. The van der Waals surface area contributed by atoms with Crippen molar-refractivity contribution in [2.45, 2.75) is 63.2 Å². The van der Waals surface area contributed by atoms with E-state index in [1.807, 2.05) is 72.8 Å². The molecule has 6 rings (SSSR count). The van der Waals surface area contributed by atoms with Crippen LogP contribution in [-0.4, -0.2) is 43.4 Å². The van der Waals surface area contributed by atoms with E-state index in [2.05, 4.69) is 48.5 Å². The minimum Gasteiger partial charge on any atom is -0.374 e. The van der Waals surface area contributed by atoms with Gasteiger partial charge in [-0.2, -0.15) is 0 Å². The van der Waals surface area contributed by atoms with Gasteiger partial charge in [-0.1, -0.05) is 121 Å². The first-order valence-corrected chi connectivity index (χ1v) is 14.2. The van der Waals surface area contributed by atoms with Crippen molar-refractivity contribution in [1.29, 1.82) is 0 Å². The SMILES string of the molecule is c1ccc(COC[C@H]2O[C@H]3O[C@@H]3[C@H](OCc3ccccc3)[C@@H](OCc3ccccc3)[C@@H]2OCc2ccccc2)cc1. The first kappa shape index (κ1) is 27.8. The smallest absolute Gasteiger partial charge is 0.187 e. The fraction of sp³-hybridized carbons (Fsp3) is 0.314. The summed E-state index contributed by atoms with van der Waals surface area (Å²) in [5.41, 5.74) is 4.34. The minimum atomic E-state index is -0.453. The molecule has 6 nitrogen and oxygen atoms in total. The molecule has 2 aliphatic rings. The Bertz CT molecular complexity index is 1300. The quantitative estimate of drug-likeness (QED) is 0.187. The summed E-state index contributed by atoms with van der Waals surface area (Å²) in [6.07, 6.45) is -2.35. The number of fused-ring (bicyclic) bond motifs is 1. The molecule has 2 fully saturated rings. The second-order valence-electron chi connectivity index (χ2n) is 10.4. The molecule has 41 heavy (non-hydrogen) atoms. The molecule has 0 radical (unpaired) electrons. The molecule has 0 N–H and O–H groups in total. The number of ether oxygens (including phenoxy) is 6. The van der Waals surface area contributed by atoms with Crippen molar-refractivity contribution < 1.29 is 28.4 Å². The fourth-order valence-electron chi connectivity index (χ4n) is 5.17. The Balaban J connectivity index is 1.25. The minimum absolute atomic E-state index is 0.249. The zero-order valence-corrected chi connectivity index (χ0v) is 23.0. The third kappa shape index (κ3) is 7.68. The van der Waals surface area contributed by atoms with Crippen LogP contribution in [0.15, 0.2) is 121 Å². The molecule has 2 aliphatic heterocycles. The van der Waals surface area contributed by atoms with Crippen LogP contribution in [0.3, 0.4) is 0 Å². The molecule has 0 saturated carbocycles. The van der Waals surface area contributed by atoms with Gasteiger partial charge in [-0.05, 0) is 22.3 Å². The number of hydrogen-bond donors (Lipinski definition) is 0. The predicted octanol–water partition coefficient (Wildman–Crippen LogP) is 6.08. The van der Waals surface area contributed by atoms with Gasteiger partial charge >= 0.3 is 0 Å². The molecule has 0 spiro atoms. The lowest BCUT2D eigenvalue weighted by molar-refractivity contribution is -0.200. The standard InChI is InChI=1S/C35H36O6/c1-5-13-26(14-6-1)21-36-25-30-31(37-22-27-15-7-2-8-16-27)32(38-23-28-17-9-3-10-18-28)33(34-35(40-30)41-34)39-24-29-19-11-4-12-20-29/h1-20,30-35H,21-25H2/t30-,31-,32+,33-,34-,35+/m1/s1. The fourth-order valence-corrected chi connectivity index (χ4v) is 5.17. The van der Waals surface area contributed by atoms with E-state index in [0.717, 1.165) is 22.3 Å². The van der Waals surface area contributed by atoms with E-state index in [9.17, 15) is 0 Å². The van der Waals surface area contributed by atoms with Gasteiger partial charge in [0.15, 0.2) is 6.29 Å². The molecule has 4 aromatic carbocycles. The van der Waals surface area contributed by atoms with Gasteiger partial charge in [0, 0.05) is 0 Å². The van der Waals surface area contributed by atoms with Crippen LogP contribution >= 0.6 is 0 Å². The maximum Gasteiger partial charge on any atom is 0.187 e. The Hall–Kier alpha value is -3.36. The molecule has 4 aromatic rings. The van der Waals surface area contributed by atoms with E-state index in [4.69, 9.17) is 28.4 Å². The van der Waals surface area contributed by atoms with Crippen molar-refractivity contribution in [1.82, 2.24) is 0 Å². The second-order valence-corrected chi connectivity index (χ2v) is 10.4. The molecule has 2 heterocycles. The van der Waals surface area contributed by atoms with Crippen LogP contribution in [-0.2, 0) is 54.8 Å². The van der Waals surface area contributed by atoms with E-state index in [0.29, 0.717) is 33.0 Å². The van der Waals surface area contributed by atoms with Gasteiger partial charge in [0.05, 0.1) is 33.0 Å². The molecule has 6 heteroatoms. The molecule has 2 saturated heterocycles. The summed E-state index contributed by atoms with van der Waals surface area (Å²) < 4.78 is 38.5. The molecule has 0 bridgehead atoms. The van der Waals surface area contributed by atoms with Gasteiger partial charge < -0.3 is 28.4 Å². The van der Waals surface area contributed by atoms with Crippen LogP contribution in [0.1, 0.15) is 22.3 Å². The molecule has 0 amide bonds. The van der Waals surface area contributed by atoms with E-state index in [1.165, 1.54) is 0 Å². The Morgan fingerprint density at radius 1 is 0.439 bits per heavy atom. The maximum absolute atomic E-state index is 6.68. The second kappa shape index (κ2) is 14.0. The summed E-state index contributed by atoms with van der Waals surface area (Å²) in [5.74, 6) is 0. The average Bonchev–Trinajstić information content (AvgIpc) is 3.81. The monoisotopic (exact) mass is 552 g/mol. The van der Waals surface area contributed by atoms with Crippen LogP contribution in [0.25, 0.3) is 0 Å². The molecule has 6 atom stereocenters. The Kier molecular flexibility index (Phi) is 9.50. The average molecular weight is 553 g/mol. The zero-order valence-electron chi connectivity index (χ0n) is 23.0. The van der Waals surface area contributed by atoms with Crippen LogP contribution in [0, 0.1) is 0 Å². The van der Waals surface area contributed by atoms with Crippen LogP contribution < -0.4 is 0 Å². The molecule has 0 unspecified atom stereocenters. The highest BCUT2D eigenvalue weighted by atomic mass is 16.8. The number of benzene rings is 4. The lowest BCUT2D eigenvalue weighted by atomic mass is 10.0. The molecule has 0 aromatic heterocycles. The Labute approximate surface area is 241 Å². The van der Waals surface area contributed by atoms with Crippen molar-refractivity contribution in [3.63, 3.8) is 0 Å². The van der Waals surface area contributed by atoms with Gasteiger partial charge in [-0.25, -0.2) is 0 Å². The maximum atomic E-state index is 6.68. The zero-order chi connectivity index (χ0) is 27.7. The highest BCUT2D eigenvalue weighted by Gasteiger charge is 2.58. The van der Waals surface area contributed by atoms with E-state index < -0.39 is 24.6 Å². The summed E-state index contributed by atoms with van der Waals surface area (Å²) in [4.78, 5) is 0.